The van der Waals surface area contributed by atoms with Crippen LogP contribution in [0.2, 0.25) is 0 Å². The number of rotatable bonds is 6. The summed E-state index contributed by atoms with van der Waals surface area (Å²) in [4.78, 5) is 14.3. The van der Waals surface area contributed by atoms with Gasteiger partial charge in [-0.3, -0.25) is 4.79 Å². The van der Waals surface area contributed by atoms with E-state index in [2.05, 4.69) is 33.0 Å². The zero-order valence-electron chi connectivity index (χ0n) is 12.2. The molecule has 1 rings (SSSR count). The quantitative estimate of drug-likeness (QED) is 0.783. The summed E-state index contributed by atoms with van der Waals surface area (Å²) < 4.78 is 5.60. The fourth-order valence-corrected chi connectivity index (χ4v) is 2.23. The SMILES string of the molecule is CC(C)CN(CC(C)C)C(=O)CC1CNCCO1. The Morgan fingerprint density at radius 2 is 1.89 bits per heavy atom. The van der Waals surface area contributed by atoms with Gasteiger partial charge < -0.3 is 15.0 Å². The maximum Gasteiger partial charge on any atom is 0.225 e. The van der Waals surface area contributed by atoms with E-state index in [-0.39, 0.29) is 12.0 Å². The van der Waals surface area contributed by atoms with Crippen LogP contribution in [-0.4, -0.2) is 49.7 Å². The van der Waals surface area contributed by atoms with Gasteiger partial charge in [-0.05, 0) is 11.8 Å². The lowest BCUT2D eigenvalue weighted by molar-refractivity contribution is -0.135. The number of amides is 1. The molecule has 0 radical (unpaired) electrons. The molecule has 1 N–H and O–H groups in total. The van der Waals surface area contributed by atoms with Crippen molar-refractivity contribution in [3.05, 3.63) is 0 Å². The van der Waals surface area contributed by atoms with E-state index in [1.165, 1.54) is 0 Å². The third-order valence-electron chi connectivity index (χ3n) is 2.93. The van der Waals surface area contributed by atoms with Crippen LogP contribution in [0.1, 0.15) is 34.1 Å². The van der Waals surface area contributed by atoms with Gasteiger partial charge in [-0.25, -0.2) is 0 Å². The van der Waals surface area contributed by atoms with Crippen LogP contribution in [-0.2, 0) is 9.53 Å². The molecule has 0 aromatic carbocycles. The highest BCUT2D eigenvalue weighted by atomic mass is 16.5. The van der Waals surface area contributed by atoms with E-state index in [0.717, 1.165) is 26.2 Å². The van der Waals surface area contributed by atoms with E-state index in [9.17, 15) is 4.79 Å². The number of nitrogens with one attached hydrogen (secondary N) is 1. The fourth-order valence-electron chi connectivity index (χ4n) is 2.23. The molecule has 0 aromatic heterocycles. The van der Waals surface area contributed by atoms with Crippen molar-refractivity contribution in [1.82, 2.24) is 10.2 Å². The van der Waals surface area contributed by atoms with Gasteiger partial charge in [0.2, 0.25) is 5.91 Å². The van der Waals surface area contributed by atoms with Gasteiger partial charge in [0.25, 0.3) is 0 Å². The van der Waals surface area contributed by atoms with Gasteiger partial charge in [-0.15, -0.1) is 0 Å². The Hall–Kier alpha value is -0.610. The van der Waals surface area contributed by atoms with Crippen molar-refractivity contribution in [2.45, 2.75) is 40.2 Å². The lowest BCUT2D eigenvalue weighted by atomic mass is 10.1. The molecule has 1 aliphatic heterocycles. The first-order valence-electron chi connectivity index (χ1n) is 7.09. The van der Waals surface area contributed by atoms with Gasteiger partial charge in [0, 0.05) is 26.2 Å². The summed E-state index contributed by atoms with van der Waals surface area (Å²) in [5.74, 6) is 1.25. The van der Waals surface area contributed by atoms with Crippen molar-refractivity contribution in [3.63, 3.8) is 0 Å². The van der Waals surface area contributed by atoms with Gasteiger partial charge in [0.05, 0.1) is 19.1 Å². The molecule has 4 nitrogen and oxygen atoms in total. The van der Waals surface area contributed by atoms with Gasteiger partial charge >= 0.3 is 0 Å². The van der Waals surface area contributed by atoms with Crippen LogP contribution in [0.5, 0.6) is 0 Å². The minimum Gasteiger partial charge on any atom is -0.375 e. The topological polar surface area (TPSA) is 41.6 Å². The molecular formula is C14H28N2O2. The average molecular weight is 256 g/mol. The molecular weight excluding hydrogens is 228 g/mol. The Labute approximate surface area is 111 Å². The minimum atomic E-state index is 0.0491. The van der Waals surface area contributed by atoms with Crippen molar-refractivity contribution in [2.75, 3.05) is 32.8 Å². The second kappa shape index (κ2) is 7.74. The summed E-state index contributed by atoms with van der Waals surface area (Å²) in [5, 5.41) is 3.26. The monoisotopic (exact) mass is 256 g/mol. The summed E-state index contributed by atoms with van der Waals surface area (Å²) in [6, 6.07) is 0. The molecule has 1 heterocycles. The molecule has 1 atom stereocenters. The summed E-state index contributed by atoms with van der Waals surface area (Å²) in [6.45, 7) is 12.7. The van der Waals surface area contributed by atoms with Gasteiger partial charge in [0.1, 0.15) is 0 Å². The average Bonchev–Trinajstić information content (AvgIpc) is 2.28. The van der Waals surface area contributed by atoms with E-state index < -0.39 is 0 Å². The molecule has 0 aromatic rings. The molecule has 1 unspecified atom stereocenters. The van der Waals surface area contributed by atoms with E-state index in [0.29, 0.717) is 24.9 Å². The van der Waals surface area contributed by atoms with Crippen LogP contribution in [0.4, 0.5) is 0 Å². The number of carbonyl (C=O) groups is 1. The van der Waals surface area contributed by atoms with E-state index >= 15 is 0 Å². The predicted molar refractivity (Wildman–Crippen MR) is 73.5 cm³/mol. The number of ether oxygens (including phenoxy) is 1. The fraction of sp³-hybridized carbons (Fsp3) is 0.929. The molecule has 0 saturated carbocycles. The maximum absolute atomic E-state index is 12.3. The van der Waals surface area contributed by atoms with Crippen LogP contribution in [0.15, 0.2) is 0 Å². The van der Waals surface area contributed by atoms with Gasteiger partial charge in [-0.2, -0.15) is 0 Å². The second-order valence-electron chi connectivity index (χ2n) is 5.99. The third kappa shape index (κ3) is 5.83. The van der Waals surface area contributed by atoms with E-state index in [1.54, 1.807) is 0 Å². The number of carbonyl (C=O) groups excluding carboxylic acids is 1. The number of hydrogen-bond donors (Lipinski definition) is 1. The molecule has 0 spiro atoms. The predicted octanol–water partition coefficient (Wildman–Crippen LogP) is 1.51. The van der Waals surface area contributed by atoms with Crippen LogP contribution in [0, 0.1) is 11.8 Å². The highest BCUT2D eigenvalue weighted by Gasteiger charge is 2.22. The molecule has 18 heavy (non-hydrogen) atoms. The Bertz CT molecular complexity index is 238. The first-order chi connectivity index (χ1) is 8.49. The van der Waals surface area contributed by atoms with E-state index in [4.69, 9.17) is 4.74 Å². The highest BCUT2D eigenvalue weighted by molar-refractivity contribution is 5.76. The Morgan fingerprint density at radius 1 is 1.28 bits per heavy atom. The molecule has 1 fully saturated rings. The number of nitrogens with zero attached hydrogens (tertiary/aromatic N) is 1. The van der Waals surface area contributed by atoms with Gasteiger partial charge in [-0.1, -0.05) is 27.7 Å². The van der Waals surface area contributed by atoms with Crippen molar-refractivity contribution < 1.29 is 9.53 Å². The number of hydrogen-bond acceptors (Lipinski definition) is 3. The third-order valence-corrected chi connectivity index (χ3v) is 2.93. The normalized spacial score (nSPS) is 20.4. The van der Waals surface area contributed by atoms with Crippen LogP contribution in [0.3, 0.4) is 0 Å². The zero-order valence-corrected chi connectivity index (χ0v) is 12.2. The van der Waals surface area contributed by atoms with Gasteiger partial charge in [0.15, 0.2) is 0 Å². The summed E-state index contributed by atoms with van der Waals surface area (Å²) in [7, 11) is 0. The summed E-state index contributed by atoms with van der Waals surface area (Å²) in [6.07, 6.45) is 0.556. The molecule has 1 amide bonds. The summed E-state index contributed by atoms with van der Waals surface area (Å²) in [5.41, 5.74) is 0. The maximum atomic E-state index is 12.3. The lowest BCUT2D eigenvalue weighted by Gasteiger charge is -2.29. The largest absolute Gasteiger partial charge is 0.375 e. The van der Waals surface area contributed by atoms with E-state index in [1.807, 2.05) is 4.90 Å². The van der Waals surface area contributed by atoms with Crippen LogP contribution >= 0.6 is 0 Å². The Balaban J connectivity index is 2.46. The molecule has 1 aliphatic rings. The highest BCUT2D eigenvalue weighted by Crippen LogP contribution is 2.09. The van der Waals surface area contributed by atoms with Crippen molar-refractivity contribution in [2.24, 2.45) is 11.8 Å². The molecule has 0 bridgehead atoms. The Morgan fingerprint density at radius 3 is 2.33 bits per heavy atom. The van der Waals surface area contributed by atoms with Crippen molar-refractivity contribution in [1.29, 1.82) is 0 Å². The summed E-state index contributed by atoms with van der Waals surface area (Å²) >= 11 is 0. The van der Waals surface area contributed by atoms with Crippen LogP contribution < -0.4 is 5.32 Å². The molecule has 106 valence electrons. The first-order valence-corrected chi connectivity index (χ1v) is 7.09. The molecule has 4 heteroatoms. The molecule has 1 saturated heterocycles. The second-order valence-corrected chi connectivity index (χ2v) is 5.99. The standard InChI is InChI=1S/C14H28N2O2/c1-11(2)9-16(10-12(3)4)14(17)7-13-8-15-5-6-18-13/h11-13,15H,5-10H2,1-4H3. The van der Waals surface area contributed by atoms with Crippen LogP contribution in [0.25, 0.3) is 0 Å². The van der Waals surface area contributed by atoms with Crippen molar-refractivity contribution in [3.8, 4) is 0 Å². The van der Waals surface area contributed by atoms with Crippen molar-refractivity contribution >= 4 is 5.91 Å². The first kappa shape index (κ1) is 15.4. The minimum absolute atomic E-state index is 0.0491. The zero-order chi connectivity index (χ0) is 13.5. The lowest BCUT2D eigenvalue weighted by Crippen LogP contribution is -2.44. The molecule has 0 aliphatic carbocycles. The smallest absolute Gasteiger partial charge is 0.225 e. The Kier molecular flexibility index (Phi) is 6.65. The number of morpholine rings is 1.